The van der Waals surface area contributed by atoms with E-state index in [1.54, 1.807) is 0 Å². The second-order valence-electron chi connectivity index (χ2n) is 6.79. The predicted octanol–water partition coefficient (Wildman–Crippen LogP) is 3.80. The van der Waals surface area contributed by atoms with Crippen LogP contribution in [0.1, 0.15) is 53.7 Å². The van der Waals surface area contributed by atoms with Gasteiger partial charge in [0.25, 0.3) is 5.91 Å². The number of aromatic nitrogens is 2. The van der Waals surface area contributed by atoms with Gasteiger partial charge >= 0.3 is 0 Å². The van der Waals surface area contributed by atoms with Crippen LogP contribution in [0.5, 0.6) is 0 Å². The molecule has 1 aromatic carbocycles. The number of rotatable bonds is 4. The van der Waals surface area contributed by atoms with Crippen LogP contribution < -0.4 is 0 Å². The molecule has 1 aliphatic carbocycles. The van der Waals surface area contributed by atoms with E-state index >= 15 is 0 Å². The number of carbonyl (C=O) groups is 1. The van der Waals surface area contributed by atoms with Crippen molar-refractivity contribution in [1.82, 2.24) is 15.0 Å². The maximum absolute atomic E-state index is 12.7. The molecule has 1 aliphatic heterocycles. The van der Waals surface area contributed by atoms with Gasteiger partial charge in [0.2, 0.25) is 5.89 Å². The first-order chi connectivity index (χ1) is 11.7. The van der Waals surface area contributed by atoms with E-state index in [-0.39, 0.29) is 5.91 Å². The van der Waals surface area contributed by atoms with Crippen molar-refractivity contribution in [3.05, 3.63) is 46.0 Å². The van der Waals surface area contributed by atoms with Crippen molar-refractivity contribution < 1.29 is 9.32 Å². The van der Waals surface area contributed by atoms with E-state index in [1.807, 2.05) is 29.2 Å². The van der Waals surface area contributed by atoms with Crippen LogP contribution in [0.3, 0.4) is 0 Å². The highest BCUT2D eigenvalue weighted by Gasteiger charge is 2.30. The molecule has 5 nitrogen and oxygen atoms in total. The minimum absolute atomic E-state index is 0.102. The fraction of sp³-hybridized carbons (Fsp3) is 0.500. The van der Waals surface area contributed by atoms with Gasteiger partial charge < -0.3 is 9.42 Å². The van der Waals surface area contributed by atoms with Crippen molar-refractivity contribution in [3.63, 3.8) is 0 Å². The van der Waals surface area contributed by atoms with E-state index in [0.717, 1.165) is 54.1 Å². The summed E-state index contributed by atoms with van der Waals surface area (Å²) in [6.45, 7) is 1.57. The van der Waals surface area contributed by atoms with Gasteiger partial charge in [-0.25, -0.2) is 0 Å². The number of likely N-dealkylation sites (tertiary alicyclic amines) is 1. The Hall–Kier alpha value is -1.69. The highest BCUT2D eigenvalue weighted by molar-refractivity contribution is 9.10. The van der Waals surface area contributed by atoms with Gasteiger partial charge in [-0.15, -0.1) is 0 Å². The molecule has 126 valence electrons. The summed E-state index contributed by atoms with van der Waals surface area (Å²) in [4.78, 5) is 19.2. The van der Waals surface area contributed by atoms with Gasteiger partial charge in [-0.05, 0) is 49.8 Å². The lowest BCUT2D eigenvalue weighted by Gasteiger charge is -2.32. The normalized spacial score (nSPS) is 21.0. The molecule has 6 heteroatoms. The first kappa shape index (κ1) is 15.8. The van der Waals surface area contributed by atoms with Crippen LogP contribution in [0.25, 0.3) is 0 Å². The van der Waals surface area contributed by atoms with Gasteiger partial charge in [-0.1, -0.05) is 27.2 Å². The average Bonchev–Trinajstić information content (AvgIpc) is 3.34. The van der Waals surface area contributed by atoms with Crippen LogP contribution in [0, 0.1) is 5.92 Å². The van der Waals surface area contributed by atoms with Crippen molar-refractivity contribution in [2.45, 2.75) is 38.0 Å². The number of amides is 1. The molecule has 2 heterocycles. The molecule has 0 N–H and O–H groups in total. The van der Waals surface area contributed by atoms with Gasteiger partial charge in [0.15, 0.2) is 5.82 Å². The number of piperidine rings is 1. The minimum Gasteiger partial charge on any atom is -0.339 e. The van der Waals surface area contributed by atoms with Crippen LogP contribution in [0.4, 0.5) is 0 Å². The third-order valence-electron chi connectivity index (χ3n) is 4.77. The van der Waals surface area contributed by atoms with Crippen LogP contribution in [-0.4, -0.2) is 34.0 Å². The van der Waals surface area contributed by atoms with Crippen LogP contribution in [-0.2, 0) is 6.42 Å². The van der Waals surface area contributed by atoms with E-state index in [9.17, 15) is 4.79 Å². The number of benzene rings is 1. The van der Waals surface area contributed by atoms with Gasteiger partial charge in [-0.2, -0.15) is 4.98 Å². The van der Waals surface area contributed by atoms with Crippen molar-refractivity contribution in [2.24, 2.45) is 5.92 Å². The predicted molar refractivity (Wildman–Crippen MR) is 92.7 cm³/mol. The van der Waals surface area contributed by atoms with Gasteiger partial charge in [0.05, 0.1) is 0 Å². The summed E-state index contributed by atoms with van der Waals surface area (Å²) in [5.74, 6) is 2.59. The minimum atomic E-state index is 0.102. The third-order valence-corrected chi connectivity index (χ3v) is 5.26. The van der Waals surface area contributed by atoms with Crippen LogP contribution in [0.2, 0.25) is 0 Å². The lowest BCUT2D eigenvalue weighted by atomic mass is 9.94. The first-order valence-corrected chi connectivity index (χ1v) is 9.35. The third kappa shape index (κ3) is 3.53. The first-order valence-electron chi connectivity index (χ1n) is 8.56. The second-order valence-corrected chi connectivity index (χ2v) is 7.71. The van der Waals surface area contributed by atoms with E-state index < -0.39 is 0 Å². The van der Waals surface area contributed by atoms with Crippen molar-refractivity contribution in [3.8, 4) is 0 Å². The van der Waals surface area contributed by atoms with Crippen molar-refractivity contribution >= 4 is 21.8 Å². The molecular weight excluding hydrogens is 370 g/mol. The smallest absolute Gasteiger partial charge is 0.253 e. The lowest BCUT2D eigenvalue weighted by Crippen LogP contribution is -2.40. The topological polar surface area (TPSA) is 59.2 Å². The molecule has 0 spiro atoms. The Labute approximate surface area is 149 Å². The molecule has 1 aromatic heterocycles. The van der Waals surface area contributed by atoms with E-state index in [0.29, 0.717) is 11.8 Å². The molecule has 2 aliphatic rings. The summed E-state index contributed by atoms with van der Waals surface area (Å²) in [5.41, 5.74) is 0.735. The molecule has 1 unspecified atom stereocenters. The van der Waals surface area contributed by atoms with Gasteiger partial charge in [0.1, 0.15) is 0 Å². The van der Waals surface area contributed by atoms with E-state index in [2.05, 4.69) is 26.1 Å². The molecule has 0 radical (unpaired) electrons. The Morgan fingerprint density at radius 1 is 1.33 bits per heavy atom. The zero-order valence-electron chi connectivity index (χ0n) is 13.4. The van der Waals surface area contributed by atoms with Crippen LogP contribution >= 0.6 is 15.9 Å². The summed E-state index contributed by atoms with van der Waals surface area (Å²) in [6, 6.07) is 7.59. The average molecular weight is 390 g/mol. The molecule has 1 amide bonds. The highest BCUT2D eigenvalue weighted by Crippen LogP contribution is 2.38. The molecule has 2 aromatic rings. The zero-order valence-corrected chi connectivity index (χ0v) is 15.0. The maximum Gasteiger partial charge on any atom is 0.253 e. The van der Waals surface area contributed by atoms with Crippen molar-refractivity contribution in [2.75, 3.05) is 13.1 Å². The fourth-order valence-electron chi connectivity index (χ4n) is 3.33. The standard InChI is InChI=1S/C18H20BrN3O2/c19-15-5-1-4-14(10-15)18(23)22-8-2-3-12(11-22)9-16-20-17(21-24-16)13-6-7-13/h1,4-5,10,12-13H,2-3,6-9,11H2. The summed E-state index contributed by atoms with van der Waals surface area (Å²) in [6.07, 6.45) is 5.24. The summed E-state index contributed by atoms with van der Waals surface area (Å²) in [7, 11) is 0. The number of nitrogens with zero attached hydrogens (tertiary/aromatic N) is 3. The van der Waals surface area contributed by atoms with E-state index in [4.69, 9.17) is 4.52 Å². The van der Waals surface area contributed by atoms with Gasteiger partial charge in [0, 0.05) is 35.5 Å². The summed E-state index contributed by atoms with van der Waals surface area (Å²) < 4.78 is 6.32. The SMILES string of the molecule is O=C(c1cccc(Br)c1)N1CCCC(Cc2nc(C3CC3)no2)C1. The molecular formula is C18H20BrN3O2. The van der Waals surface area contributed by atoms with Crippen LogP contribution in [0.15, 0.2) is 33.3 Å². The molecule has 0 bridgehead atoms. The van der Waals surface area contributed by atoms with Gasteiger partial charge in [-0.3, -0.25) is 4.79 Å². The number of carbonyl (C=O) groups excluding carboxylic acids is 1. The Kier molecular flexibility index (Phi) is 4.39. The number of halogens is 1. The zero-order chi connectivity index (χ0) is 16.5. The Morgan fingerprint density at radius 3 is 3.00 bits per heavy atom. The van der Waals surface area contributed by atoms with E-state index in [1.165, 1.54) is 12.8 Å². The molecule has 4 rings (SSSR count). The second kappa shape index (κ2) is 6.67. The summed E-state index contributed by atoms with van der Waals surface area (Å²) in [5, 5.41) is 4.08. The maximum atomic E-state index is 12.7. The molecule has 2 fully saturated rings. The lowest BCUT2D eigenvalue weighted by molar-refractivity contribution is 0.0668. The Bertz CT molecular complexity index is 741. The molecule has 24 heavy (non-hydrogen) atoms. The molecule has 1 saturated carbocycles. The van der Waals surface area contributed by atoms with Crippen molar-refractivity contribution in [1.29, 1.82) is 0 Å². The number of hydrogen-bond acceptors (Lipinski definition) is 4. The monoisotopic (exact) mass is 389 g/mol. The molecule has 1 saturated heterocycles. The highest BCUT2D eigenvalue weighted by atomic mass is 79.9. The summed E-state index contributed by atoms with van der Waals surface area (Å²) >= 11 is 3.43. The molecule has 1 atom stereocenters. The largest absolute Gasteiger partial charge is 0.339 e. The Balaban J connectivity index is 1.40. The quantitative estimate of drug-likeness (QED) is 0.797. The number of hydrogen-bond donors (Lipinski definition) is 0. The Morgan fingerprint density at radius 2 is 2.21 bits per heavy atom. The fourth-order valence-corrected chi connectivity index (χ4v) is 3.72.